The van der Waals surface area contributed by atoms with E-state index in [1.54, 1.807) is 116 Å². The van der Waals surface area contributed by atoms with Gasteiger partial charge in [-0.15, -0.1) is 13.2 Å². The van der Waals surface area contributed by atoms with Crippen LogP contribution in [-0.4, -0.2) is 123 Å². The molecular weight excluding hydrogens is 1440 g/mol. The summed E-state index contributed by atoms with van der Waals surface area (Å²) in [5, 5.41) is 9.27. The SMILES string of the molecule is C.C.C.C.C.C.C.C=C(C)C(=O)OC(C)(C)C.C=CCOC(=O)C(C)(C)Br.C=CCOC(=O)C(C)(C)CC(C)(Br)C(=O)OC(C)(C)C.C=CCOC(=O)C(C)(C)CC(C)(CC=C)C(=O)O.C=CCOC(=O)C(C)(C)CC(C)(CC=C)C(=O)OC(C)(C)C.C=C[CH2][Sn]([CH3])([CH3])[CH3]. The molecule has 0 aromatic heterocycles. The number of hydrogen-bond donors (Lipinski definition) is 1. The van der Waals surface area contributed by atoms with Crippen molar-refractivity contribution in [3.63, 3.8) is 0 Å². The van der Waals surface area contributed by atoms with Gasteiger partial charge in [0, 0.05) is 5.57 Å². The van der Waals surface area contributed by atoms with Gasteiger partial charge in [-0.3, -0.25) is 33.6 Å². The van der Waals surface area contributed by atoms with Gasteiger partial charge in [0.2, 0.25) is 0 Å². The molecule has 0 aliphatic heterocycles. The normalized spacial score (nSPS) is 12.5. The molecule has 3 unspecified atom stereocenters. The summed E-state index contributed by atoms with van der Waals surface area (Å²) in [6, 6.07) is 0. The molecule has 0 heterocycles. The van der Waals surface area contributed by atoms with Crippen LogP contribution in [0, 0.1) is 27.1 Å². The molecule has 0 spiro atoms. The Hall–Kier alpha value is -4.56. The number of carbonyl (C=O) groups is 8. The molecule has 0 bridgehead atoms. The van der Waals surface area contributed by atoms with E-state index < -0.39 is 88.8 Å². The number of halogens is 2. The van der Waals surface area contributed by atoms with Crippen LogP contribution < -0.4 is 0 Å². The zero-order valence-corrected chi connectivity index (χ0v) is 64.1. The molecule has 0 amide bonds. The number of aliphatic carboxylic acids is 1. The summed E-state index contributed by atoms with van der Waals surface area (Å²) in [4.78, 5) is 101. The molecule has 16 nitrogen and oxygen atoms in total. The molecule has 0 aromatic rings. The fourth-order valence-corrected chi connectivity index (χ4v) is 10.4. The molecule has 0 fully saturated rings. The van der Waals surface area contributed by atoms with Gasteiger partial charge in [0.1, 0.15) is 51.9 Å². The summed E-state index contributed by atoms with van der Waals surface area (Å²) in [7, 11) is 0. The maximum atomic E-state index is 12.5. The predicted molar refractivity (Wildman–Crippen MR) is 411 cm³/mol. The molecule has 0 aromatic carbocycles. The molecule has 0 rings (SSSR count). The van der Waals surface area contributed by atoms with Crippen LogP contribution in [0.3, 0.4) is 0 Å². The monoisotopic (exact) mass is 1580 g/mol. The van der Waals surface area contributed by atoms with Crippen molar-refractivity contribution in [3.05, 3.63) is 101 Å². The molecule has 19 heteroatoms. The van der Waals surface area contributed by atoms with E-state index in [-0.39, 0.29) is 121 Å². The van der Waals surface area contributed by atoms with Gasteiger partial charge in [-0.1, -0.05) is 153 Å². The van der Waals surface area contributed by atoms with Crippen LogP contribution in [-0.2, 0) is 71.5 Å². The molecule has 1 N–H and O–H groups in total. The van der Waals surface area contributed by atoms with Crippen LogP contribution in [0.5, 0.6) is 0 Å². The van der Waals surface area contributed by atoms with E-state index in [1.807, 2.05) is 41.5 Å². The molecule has 0 radical (unpaired) electrons. The Kier molecular flexibility index (Phi) is 68.1. The van der Waals surface area contributed by atoms with Crippen LogP contribution in [0.15, 0.2) is 101 Å². The average molecular weight is 1580 g/mol. The second-order valence-electron chi connectivity index (χ2n) is 28.2. The number of ether oxygens (including phenoxy) is 7. The molecule has 0 aliphatic rings. The number of alkyl halides is 2. The van der Waals surface area contributed by atoms with Gasteiger partial charge >= 0.3 is 98.0 Å². The predicted octanol–water partition coefficient (Wildman–Crippen LogP) is 21.2. The van der Waals surface area contributed by atoms with Gasteiger partial charge in [0.15, 0.2) is 0 Å². The summed E-state index contributed by atoms with van der Waals surface area (Å²) in [5.41, 5.74) is -5.43. The molecule has 558 valence electrons. The van der Waals surface area contributed by atoms with E-state index in [0.717, 1.165) is 0 Å². The Morgan fingerprint density at radius 2 is 0.660 bits per heavy atom. The number of carbonyl (C=O) groups excluding carboxylic acids is 7. The minimum absolute atomic E-state index is 0. The standard InChI is InChI=1S/C18H30O4.C15H25BrO4.C14H22O4.C8H14O2.C7H11BrO2.C3H5.7CH4.3CH3.Sn/c1-9-11-18(8,15(20)22-16(3,4)5)13-17(6,7)14(19)21-12-10-2;1-8-9-19-11(17)14(5,6)10-15(7,16)12(18)20-13(2,3)4;1-6-8-14(5,11(15)16)10-13(3,4)12(17)18-9-7-2;1-6(2)7(9)10-8(3,4)5;1-4-5-10-6(9)7(2,3)8;1-3-2;;;;;;;;;;;/h9-10H,1-2,11-13H2,3-8H3;8H,1,9-10H2,2-7H3;6-7H,1-2,8-10H2,3-5H3,(H,15,16);1H2,2-5H3;4H,1,5H2,2-3H3;3H,1-2H2;7*1H4;3*1H3;. The van der Waals surface area contributed by atoms with Crippen molar-refractivity contribution in [2.45, 2.75) is 274 Å². The van der Waals surface area contributed by atoms with Crippen LogP contribution in [0.2, 0.25) is 19.3 Å². The number of allylic oxidation sites excluding steroid dienone is 3. The summed E-state index contributed by atoms with van der Waals surface area (Å²) in [6.07, 6.45) is 12.8. The third kappa shape index (κ3) is 62.3. The quantitative estimate of drug-likeness (QED) is 0.0192. The Morgan fingerprint density at radius 1 is 0.394 bits per heavy atom. The first-order chi connectivity index (χ1) is 38.8. The van der Waals surface area contributed by atoms with E-state index in [9.17, 15) is 43.5 Å². The Labute approximate surface area is 599 Å². The van der Waals surface area contributed by atoms with Crippen LogP contribution in [0.25, 0.3) is 0 Å². The van der Waals surface area contributed by atoms with Crippen LogP contribution >= 0.6 is 31.9 Å². The number of hydrogen-bond acceptors (Lipinski definition) is 15. The Bertz CT molecular complexity index is 2280. The van der Waals surface area contributed by atoms with Gasteiger partial charge in [-0.25, -0.2) is 4.79 Å². The van der Waals surface area contributed by atoms with E-state index in [0.29, 0.717) is 24.8 Å². The minimum atomic E-state index is -1.39. The van der Waals surface area contributed by atoms with Crippen molar-refractivity contribution in [2.75, 3.05) is 26.4 Å². The molecule has 0 saturated heterocycles. The van der Waals surface area contributed by atoms with Gasteiger partial charge in [0.05, 0.1) is 27.1 Å². The summed E-state index contributed by atoms with van der Waals surface area (Å²) < 4.78 is 35.5. The number of esters is 7. The van der Waals surface area contributed by atoms with Gasteiger partial charge < -0.3 is 38.3 Å². The first-order valence-corrected chi connectivity index (χ1v) is 40.8. The van der Waals surface area contributed by atoms with Gasteiger partial charge in [-0.2, -0.15) is 0 Å². The van der Waals surface area contributed by atoms with Crippen molar-refractivity contribution < 1.29 is 76.6 Å². The fourth-order valence-electron chi connectivity index (χ4n) is 7.05. The molecule has 0 saturated carbocycles. The Balaban J connectivity index is -0.0000000777. The summed E-state index contributed by atoms with van der Waals surface area (Å²) in [6.45, 7) is 66.0. The first kappa shape index (κ1) is 120. The molecule has 94 heavy (non-hydrogen) atoms. The summed E-state index contributed by atoms with van der Waals surface area (Å²) in [5.74, 6) is -3.40. The second-order valence-corrected chi connectivity index (χ2v) is 47.7. The zero-order valence-electron chi connectivity index (χ0n) is 58.1. The third-order valence-electron chi connectivity index (χ3n) is 10.8. The van der Waals surface area contributed by atoms with Crippen LogP contribution in [0.4, 0.5) is 0 Å². The fraction of sp³-hybridized carbons (Fsp3) is 0.680. The molecule has 3 atom stereocenters. The maximum absolute atomic E-state index is 12.5. The number of carboxylic acid groups (broad SMARTS) is 1. The van der Waals surface area contributed by atoms with E-state index in [4.69, 9.17) is 33.2 Å². The van der Waals surface area contributed by atoms with Crippen molar-refractivity contribution in [2.24, 2.45) is 27.1 Å². The average Bonchev–Trinajstić information content (AvgIpc) is 3.31. The van der Waals surface area contributed by atoms with Gasteiger partial charge in [-0.05, 0) is 178 Å². The van der Waals surface area contributed by atoms with Gasteiger partial charge in [0.25, 0.3) is 0 Å². The molecule has 0 aliphatic carbocycles. The first-order valence-electron chi connectivity index (χ1n) is 28.7. The molecular formula is C75H144Br2O16Sn. The summed E-state index contributed by atoms with van der Waals surface area (Å²) >= 11 is 5.14. The second kappa shape index (κ2) is 53.5. The van der Waals surface area contributed by atoms with Crippen LogP contribution in [0.1, 0.15) is 229 Å². The topological polar surface area (TPSA) is 221 Å². The van der Waals surface area contributed by atoms with Crippen molar-refractivity contribution >= 4 is 98.0 Å². The Morgan fingerprint density at radius 3 is 0.872 bits per heavy atom. The third-order valence-corrected chi connectivity index (χ3v) is 16.1. The number of carboxylic acids is 1. The van der Waals surface area contributed by atoms with E-state index in [2.05, 4.69) is 105 Å². The van der Waals surface area contributed by atoms with E-state index in [1.165, 1.54) is 28.7 Å². The van der Waals surface area contributed by atoms with Crippen molar-refractivity contribution in [1.82, 2.24) is 0 Å². The van der Waals surface area contributed by atoms with Crippen molar-refractivity contribution in [1.29, 1.82) is 0 Å². The zero-order chi connectivity index (χ0) is 70.7. The van der Waals surface area contributed by atoms with Crippen molar-refractivity contribution in [3.8, 4) is 0 Å². The number of rotatable bonds is 28. The van der Waals surface area contributed by atoms with E-state index >= 15 is 0 Å².